The lowest BCUT2D eigenvalue weighted by atomic mass is 10.2. The maximum Gasteiger partial charge on any atom is 0.358 e. The Kier molecular flexibility index (Phi) is 5.18. The van der Waals surface area contributed by atoms with Crippen molar-refractivity contribution in [2.24, 2.45) is 0 Å². The molecule has 0 aliphatic rings. The summed E-state index contributed by atoms with van der Waals surface area (Å²) >= 11 is 7.25. The van der Waals surface area contributed by atoms with Gasteiger partial charge in [0.2, 0.25) is 5.89 Å². The van der Waals surface area contributed by atoms with Gasteiger partial charge in [-0.2, -0.15) is 0 Å². The number of halogens is 1. The Balaban J connectivity index is 1.40. The van der Waals surface area contributed by atoms with Crippen molar-refractivity contribution < 1.29 is 13.9 Å². The molecule has 0 atom stereocenters. The standard InChI is InChI=1S/C20H14ClN3O3S/c1-12-2-4-14(5-3-12)19-22-16(11-28-19)20(25)26-10-17-23-24-18(27-17)13-6-8-15(21)9-7-13/h2-9,11H,10H2,1H3. The van der Waals surface area contributed by atoms with Crippen LogP contribution in [0, 0.1) is 6.92 Å². The van der Waals surface area contributed by atoms with E-state index in [4.69, 9.17) is 20.8 Å². The van der Waals surface area contributed by atoms with Gasteiger partial charge in [-0.25, -0.2) is 9.78 Å². The molecule has 0 amide bonds. The number of carbonyl (C=O) groups excluding carboxylic acids is 1. The van der Waals surface area contributed by atoms with E-state index in [9.17, 15) is 4.79 Å². The summed E-state index contributed by atoms with van der Waals surface area (Å²) in [6, 6.07) is 15.0. The van der Waals surface area contributed by atoms with Crippen molar-refractivity contribution in [2.75, 3.05) is 0 Å². The fraction of sp³-hybridized carbons (Fsp3) is 0.100. The molecule has 0 spiro atoms. The van der Waals surface area contributed by atoms with Crippen LogP contribution in [-0.4, -0.2) is 21.2 Å². The van der Waals surface area contributed by atoms with Crippen molar-refractivity contribution in [1.29, 1.82) is 0 Å². The molecule has 0 radical (unpaired) electrons. The highest BCUT2D eigenvalue weighted by molar-refractivity contribution is 7.13. The fourth-order valence-electron chi connectivity index (χ4n) is 2.42. The number of hydrogen-bond acceptors (Lipinski definition) is 7. The molecule has 0 saturated carbocycles. The second-order valence-corrected chi connectivity index (χ2v) is 7.28. The Morgan fingerprint density at radius 3 is 2.54 bits per heavy atom. The molecular formula is C20H14ClN3O3S. The highest BCUT2D eigenvalue weighted by Crippen LogP contribution is 2.25. The molecule has 28 heavy (non-hydrogen) atoms. The Morgan fingerprint density at radius 1 is 1.07 bits per heavy atom. The van der Waals surface area contributed by atoms with Crippen LogP contribution in [0.25, 0.3) is 22.0 Å². The van der Waals surface area contributed by atoms with Gasteiger partial charge < -0.3 is 9.15 Å². The molecule has 0 saturated heterocycles. The summed E-state index contributed by atoms with van der Waals surface area (Å²) in [7, 11) is 0. The van der Waals surface area contributed by atoms with E-state index >= 15 is 0 Å². The smallest absolute Gasteiger partial charge is 0.358 e. The minimum absolute atomic E-state index is 0.128. The van der Waals surface area contributed by atoms with Crippen molar-refractivity contribution in [3.05, 3.63) is 76.1 Å². The van der Waals surface area contributed by atoms with E-state index in [0.717, 1.165) is 21.7 Å². The van der Waals surface area contributed by atoms with Gasteiger partial charge in [0, 0.05) is 21.5 Å². The summed E-state index contributed by atoms with van der Waals surface area (Å²) in [6.07, 6.45) is 0. The van der Waals surface area contributed by atoms with Gasteiger partial charge in [-0.1, -0.05) is 41.4 Å². The molecular weight excluding hydrogens is 398 g/mol. The molecule has 0 bridgehead atoms. The summed E-state index contributed by atoms with van der Waals surface area (Å²) < 4.78 is 10.8. The van der Waals surface area contributed by atoms with Gasteiger partial charge in [-0.3, -0.25) is 0 Å². The number of benzene rings is 2. The average molecular weight is 412 g/mol. The topological polar surface area (TPSA) is 78.1 Å². The lowest BCUT2D eigenvalue weighted by Gasteiger charge is -1.99. The zero-order valence-corrected chi connectivity index (χ0v) is 16.3. The molecule has 0 aliphatic carbocycles. The highest BCUT2D eigenvalue weighted by atomic mass is 35.5. The molecule has 0 unspecified atom stereocenters. The number of hydrogen-bond donors (Lipinski definition) is 0. The molecule has 140 valence electrons. The number of aromatic nitrogens is 3. The third-order valence-corrected chi connectivity index (χ3v) is 5.04. The Morgan fingerprint density at radius 2 is 1.79 bits per heavy atom. The quantitative estimate of drug-likeness (QED) is 0.421. The molecule has 2 heterocycles. The molecule has 4 aromatic rings. The minimum Gasteiger partial charge on any atom is -0.451 e. The number of nitrogens with zero attached hydrogens (tertiary/aromatic N) is 3. The summed E-state index contributed by atoms with van der Waals surface area (Å²) in [5.74, 6) is -0.00817. The first kappa shape index (κ1) is 18.3. The number of esters is 1. The van der Waals surface area contributed by atoms with Crippen molar-refractivity contribution >= 4 is 28.9 Å². The van der Waals surface area contributed by atoms with Crippen LogP contribution >= 0.6 is 22.9 Å². The number of thiazole rings is 1. The number of carbonyl (C=O) groups is 1. The van der Waals surface area contributed by atoms with Crippen LogP contribution in [0.2, 0.25) is 5.02 Å². The van der Waals surface area contributed by atoms with Crippen molar-refractivity contribution in [3.8, 4) is 22.0 Å². The summed E-state index contributed by atoms with van der Waals surface area (Å²) in [6.45, 7) is 1.89. The number of rotatable bonds is 5. The van der Waals surface area contributed by atoms with Gasteiger partial charge >= 0.3 is 5.97 Å². The molecule has 0 fully saturated rings. The number of ether oxygens (including phenoxy) is 1. The average Bonchev–Trinajstić information content (AvgIpc) is 3.37. The second kappa shape index (κ2) is 7.92. The monoisotopic (exact) mass is 411 g/mol. The Bertz CT molecular complexity index is 1100. The van der Waals surface area contributed by atoms with Crippen LogP contribution in [0.5, 0.6) is 0 Å². The van der Waals surface area contributed by atoms with E-state index in [1.807, 2.05) is 31.2 Å². The van der Waals surface area contributed by atoms with Crippen molar-refractivity contribution in [2.45, 2.75) is 13.5 Å². The Labute approximate surface area is 169 Å². The van der Waals surface area contributed by atoms with Crippen molar-refractivity contribution in [1.82, 2.24) is 15.2 Å². The largest absolute Gasteiger partial charge is 0.451 e. The van der Waals surface area contributed by atoms with Gasteiger partial charge in [0.15, 0.2) is 12.3 Å². The zero-order chi connectivity index (χ0) is 19.5. The molecule has 4 rings (SSSR count). The van der Waals surface area contributed by atoms with Crippen molar-refractivity contribution in [3.63, 3.8) is 0 Å². The van der Waals surface area contributed by atoms with Gasteiger partial charge in [-0.15, -0.1) is 21.5 Å². The SMILES string of the molecule is Cc1ccc(-c2nc(C(=O)OCc3nnc(-c4ccc(Cl)cc4)o3)cs2)cc1. The maximum atomic E-state index is 12.2. The van der Waals surface area contributed by atoms with Crippen LogP contribution in [-0.2, 0) is 11.3 Å². The molecule has 0 aliphatic heterocycles. The molecule has 8 heteroatoms. The van der Waals surface area contributed by atoms with E-state index in [1.54, 1.807) is 29.6 Å². The normalized spacial score (nSPS) is 10.8. The predicted molar refractivity (Wildman–Crippen MR) is 106 cm³/mol. The van der Waals surface area contributed by atoms with Crippen LogP contribution in [0.3, 0.4) is 0 Å². The van der Waals surface area contributed by atoms with E-state index in [0.29, 0.717) is 10.9 Å². The van der Waals surface area contributed by atoms with Crippen LogP contribution in [0.4, 0.5) is 0 Å². The van der Waals surface area contributed by atoms with Gasteiger partial charge in [0.25, 0.3) is 5.89 Å². The first-order chi connectivity index (χ1) is 13.6. The second-order valence-electron chi connectivity index (χ2n) is 5.99. The maximum absolute atomic E-state index is 12.2. The first-order valence-corrected chi connectivity index (χ1v) is 9.62. The highest BCUT2D eigenvalue weighted by Gasteiger charge is 2.16. The van der Waals surface area contributed by atoms with Crippen LogP contribution in [0.1, 0.15) is 21.9 Å². The zero-order valence-electron chi connectivity index (χ0n) is 14.8. The van der Waals surface area contributed by atoms with Crippen LogP contribution < -0.4 is 0 Å². The fourth-order valence-corrected chi connectivity index (χ4v) is 3.34. The third-order valence-electron chi connectivity index (χ3n) is 3.90. The van der Waals surface area contributed by atoms with E-state index in [-0.39, 0.29) is 18.2 Å². The minimum atomic E-state index is -0.541. The van der Waals surface area contributed by atoms with E-state index in [2.05, 4.69) is 15.2 Å². The molecule has 6 nitrogen and oxygen atoms in total. The van der Waals surface area contributed by atoms with E-state index in [1.165, 1.54) is 11.3 Å². The van der Waals surface area contributed by atoms with E-state index < -0.39 is 5.97 Å². The molecule has 2 aromatic heterocycles. The first-order valence-electron chi connectivity index (χ1n) is 8.36. The summed E-state index contributed by atoms with van der Waals surface area (Å²) in [5, 5.41) is 10.9. The van der Waals surface area contributed by atoms with Gasteiger partial charge in [0.05, 0.1) is 0 Å². The van der Waals surface area contributed by atoms with Gasteiger partial charge in [-0.05, 0) is 31.2 Å². The molecule has 2 aromatic carbocycles. The third kappa shape index (κ3) is 4.11. The Hall–Kier alpha value is -3.03. The predicted octanol–water partition coefficient (Wildman–Crippen LogP) is 5.18. The molecule has 0 N–H and O–H groups in total. The van der Waals surface area contributed by atoms with Crippen LogP contribution in [0.15, 0.2) is 58.3 Å². The van der Waals surface area contributed by atoms with Gasteiger partial charge in [0.1, 0.15) is 5.01 Å². The summed E-state index contributed by atoms with van der Waals surface area (Å²) in [5.41, 5.74) is 3.10. The lowest BCUT2D eigenvalue weighted by Crippen LogP contribution is -2.05. The lowest BCUT2D eigenvalue weighted by molar-refractivity contribution is 0.0433. The number of aryl methyl sites for hydroxylation is 1. The summed E-state index contributed by atoms with van der Waals surface area (Å²) in [4.78, 5) is 16.6.